The lowest BCUT2D eigenvalue weighted by atomic mass is 9.96. The van der Waals surface area contributed by atoms with Gasteiger partial charge in [-0.2, -0.15) is 0 Å². The monoisotopic (exact) mass is 572 g/mol. The highest BCUT2D eigenvalue weighted by Crippen LogP contribution is 2.40. The zero-order valence-corrected chi connectivity index (χ0v) is 26.6. The summed E-state index contributed by atoms with van der Waals surface area (Å²) in [6, 6.07) is 48.7. The van der Waals surface area contributed by atoms with Crippen LogP contribution in [0.3, 0.4) is 0 Å². The van der Waals surface area contributed by atoms with E-state index in [4.69, 9.17) is 0 Å². The molecule has 6 aromatic carbocycles. The lowest BCUT2D eigenvalue weighted by molar-refractivity contribution is 1.23. The molecule has 2 heteroatoms. The average molecular weight is 573 g/mol. The predicted octanol–water partition coefficient (Wildman–Crippen LogP) is 12.1. The van der Waals surface area contributed by atoms with Gasteiger partial charge in [0, 0.05) is 34.1 Å². The van der Waals surface area contributed by atoms with E-state index in [2.05, 4.69) is 185 Å². The first-order chi connectivity index (χ1) is 21.3. The van der Waals surface area contributed by atoms with Crippen LogP contribution in [0.15, 0.2) is 133 Å². The molecule has 0 aromatic heterocycles. The van der Waals surface area contributed by atoms with E-state index in [9.17, 15) is 0 Å². The molecule has 0 aliphatic rings. The quantitative estimate of drug-likeness (QED) is 0.188. The van der Waals surface area contributed by atoms with Gasteiger partial charge in [0.2, 0.25) is 0 Å². The standard InChI is InChI=1S/C42H40N2/c1-29-13-18-36(19-14-29)43(38-11-7-9-31(3)25-38)40-22-23-41(33(5)28-40)35-17-24-42(34(6)27-35)44(37-20-15-30(2)16-21-37)39-12-8-10-32(4)26-39/h7-28H,1-6H3. The molecule has 0 saturated carbocycles. The summed E-state index contributed by atoms with van der Waals surface area (Å²) in [5, 5.41) is 0. The first-order valence-electron chi connectivity index (χ1n) is 15.4. The van der Waals surface area contributed by atoms with Crippen LogP contribution >= 0.6 is 0 Å². The lowest BCUT2D eigenvalue weighted by Gasteiger charge is -2.28. The van der Waals surface area contributed by atoms with Gasteiger partial charge >= 0.3 is 0 Å². The van der Waals surface area contributed by atoms with Gasteiger partial charge in [-0.05, 0) is 148 Å². The summed E-state index contributed by atoms with van der Waals surface area (Å²) < 4.78 is 0. The van der Waals surface area contributed by atoms with Crippen molar-refractivity contribution in [3.05, 3.63) is 167 Å². The van der Waals surface area contributed by atoms with Gasteiger partial charge in [-0.3, -0.25) is 0 Å². The number of nitrogens with zero attached hydrogens (tertiary/aromatic N) is 2. The van der Waals surface area contributed by atoms with E-state index in [1.807, 2.05) is 0 Å². The Kier molecular flexibility index (Phi) is 8.09. The van der Waals surface area contributed by atoms with E-state index in [-0.39, 0.29) is 0 Å². The van der Waals surface area contributed by atoms with Crippen molar-refractivity contribution in [1.82, 2.24) is 0 Å². The summed E-state index contributed by atoms with van der Waals surface area (Å²) in [4.78, 5) is 4.71. The van der Waals surface area contributed by atoms with Crippen LogP contribution in [0, 0.1) is 41.5 Å². The van der Waals surface area contributed by atoms with Gasteiger partial charge in [-0.25, -0.2) is 0 Å². The molecule has 6 rings (SSSR count). The molecular formula is C42H40N2. The fourth-order valence-corrected chi connectivity index (χ4v) is 5.98. The first-order valence-corrected chi connectivity index (χ1v) is 15.4. The Bertz CT molecular complexity index is 1920. The molecule has 0 aliphatic carbocycles. The van der Waals surface area contributed by atoms with Crippen molar-refractivity contribution >= 4 is 34.1 Å². The van der Waals surface area contributed by atoms with Crippen LogP contribution in [0.1, 0.15) is 33.4 Å². The second-order valence-corrected chi connectivity index (χ2v) is 12.0. The van der Waals surface area contributed by atoms with Crippen molar-refractivity contribution in [1.29, 1.82) is 0 Å². The summed E-state index contributed by atoms with van der Waals surface area (Å²) in [6.45, 7) is 13.0. The smallest absolute Gasteiger partial charge is 0.0491 e. The molecule has 0 unspecified atom stereocenters. The zero-order valence-electron chi connectivity index (χ0n) is 26.6. The van der Waals surface area contributed by atoms with Crippen molar-refractivity contribution in [2.24, 2.45) is 0 Å². The highest BCUT2D eigenvalue weighted by atomic mass is 15.1. The Morgan fingerprint density at radius 1 is 0.341 bits per heavy atom. The average Bonchev–Trinajstić information content (AvgIpc) is 3.00. The number of hydrogen-bond acceptors (Lipinski definition) is 2. The Morgan fingerprint density at radius 3 is 1.36 bits per heavy atom. The second kappa shape index (κ2) is 12.3. The van der Waals surface area contributed by atoms with Crippen molar-refractivity contribution in [2.45, 2.75) is 41.5 Å². The molecule has 44 heavy (non-hydrogen) atoms. The SMILES string of the molecule is Cc1ccc(N(c2cccc(C)c2)c2ccc(-c3ccc(N(c4ccc(C)cc4)c4cccc(C)c4)c(C)c3)c(C)c2)cc1. The Labute approximate surface area is 262 Å². The molecule has 0 radical (unpaired) electrons. The van der Waals surface area contributed by atoms with Gasteiger partial charge in [0.05, 0.1) is 0 Å². The molecular weight excluding hydrogens is 532 g/mol. The number of rotatable bonds is 7. The maximum Gasteiger partial charge on any atom is 0.0491 e. The fourth-order valence-electron chi connectivity index (χ4n) is 5.98. The molecule has 6 aromatic rings. The van der Waals surface area contributed by atoms with Gasteiger partial charge in [0.25, 0.3) is 0 Å². The molecule has 0 aliphatic heterocycles. The maximum absolute atomic E-state index is 2.36. The minimum atomic E-state index is 1.15. The number of anilines is 6. The van der Waals surface area contributed by atoms with Crippen LogP contribution in [0.4, 0.5) is 34.1 Å². The van der Waals surface area contributed by atoms with E-state index in [0.717, 1.165) is 28.4 Å². The molecule has 0 bridgehead atoms. The molecule has 0 fully saturated rings. The van der Waals surface area contributed by atoms with Crippen LogP contribution in [0.2, 0.25) is 0 Å². The molecule has 0 saturated heterocycles. The molecule has 218 valence electrons. The van der Waals surface area contributed by atoms with Crippen LogP contribution < -0.4 is 9.80 Å². The van der Waals surface area contributed by atoms with Crippen LogP contribution in [-0.4, -0.2) is 0 Å². The molecule has 0 spiro atoms. The highest BCUT2D eigenvalue weighted by molar-refractivity contribution is 5.83. The van der Waals surface area contributed by atoms with E-state index in [0.29, 0.717) is 0 Å². The van der Waals surface area contributed by atoms with Crippen molar-refractivity contribution < 1.29 is 0 Å². The second-order valence-electron chi connectivity index (χ2n) is 12.0. The van der Waals surface area contributed by atoms with Crippen molar-refractivity contribution in [2.75, 3.05) is 9.80 Å². The van der Waals surface area contributed by atoms with Gasteiger partial charge in [0.1, 0.15) is 0 Å². The summed E-state index contributed by atoms with van der Waals surface area (Å²) >= 11 is 0. The minimum absolute atomic E-state index is 1.15. The summed E-state index contributed by atoms with van der Waals surface area (Å²) in [5.41, 5.74) is 16.9. The highest BCUT2D eigenvalue weighted by Gasteiger charge is 2.17. The Hall–Kier alpha value is -5.08. The topological polar surface area (TPSA) is 6.48 Å². The lowest BCUT2D eigenvalue weighted by Crippen LogP contribution is -2.11. The van der Waals surface area contributed by atoms with Gasteiger partial charge in [-0.15, -0.1) is 0 Å². The largest absolute Gasteiger partial charge is 0.310 e. The van der Waals surface area contributed by atoms with E-state index < -0.39 is 0 Å². The van der Waals surface area contributed by atoms with Crippen molar-refractivity contribution in [3.8, 4) is 11.1 Å². The van der Waals surface area contributed by atoms with Gasteiger partial charge in [-0.1, -0.05) is 71.8 Å². The molecule has 0 atom stereocenters. The minimum Gasteiger partial charge on any atom is -0.310 e. The van der Waals surface area contributed by atoms with Gasteiger partial charge in [0.15, 0.2) is 0 Å². The molecule has 0 amide bonds. The van der Waals surface area contributed by atoms with Crippen LogP contribution in [-0.2, 0) is 0 Å². The number of hydrogen-bond donors (Lipinski definition) is 0. The first kappa shape index (κ1) is 29.0. The van der Waals surface area contributed by atoms with E-state index >= 15 is 0 Å². The number of aryl methyl sites for hydroxylation is 6. The Balaban J connectivity index is 1.39. The van der Waals surface area contributed by atoms with E-state index in [1.165, 1.54) is 50.2 Å². The third-order valence-electron chi connectivity index (χ3n) is 8.32. The maximum atomic E-state index is 2.36. The van der Waals surface area contributed by atoms with Crippen molar-refractivity contribution in [3.63, 3.8) is 0 Å². The summed E-state index contributed by atoms with van der Waals surface area (Å²) in [6.07, 6.45) is 0. The normalized spacial score (nSPS) is 11.0. The third kappa shape index (κ3) is 6.02. The Morgan fingerprint density at radius 2 is 0.841 bits per heavy atom. The van der Waals surface area contributed by atoms with Crippen LogP contribution in [0.5, 0.6) is 0 Å². The zero-order chi connectivity index (χ0) is 30.8. The van der Waals surface area contributed by atoms with E-state index in [1.54, 1.807) is 0 Å². The molecule has 0 N–H and O–H groups in total. The predicted molar refractivity (Wildman–Crippen MR) is 190 cm³/mol. The third-order valence-corrected chi connectivity index (χ3v) is 8.32. The van der Waals surface area contributed by atoms with Gasteiger partial charge < -0.3 is 9.80 Å². The molecule has 0 heterocycles. The molecule has 2 nitrogen and oxygen atoms in total. The summed E-state index contributed by atoms with van der Waals surface area (Å²) in [5.74, 6) is 0. The fraction of sp³-hybridized carbons (Fsp3) is 0.143. The van der Waals surface area contributed by atoms with Crippen LogP contribution in [0.25, 0.3) is 11.1 Å². The summed E-state index contributed by atoms with van der Waals surface area (Å²) in [7, 11) is 0. The number of benzene rings is 6.